The summed E-state index contributed by atoms with van der Waals surface area (Å²) < 4.78 is 19.4. The number of aliphatic hydroxyl groups is 3. The number of allylic oxidation sites excluding steroid dienone is 2. The molecule has 0 aromatic carbocycles. The molecule has 7 rings (SSSR count). The van der Waals surface area contributed by atoms with Crippen LogP contribution in [0.15, 0.2) is 11.3 Å². The van der Waals surface area contributed by atoms with Crippen molar-refractivity contribution in [3.8, 4) is 0 Å². The highest BCUT2D eigenvalue weighted by molar-refractivity contribution is 5.35. The van der Waals surface area contributed by atoms with Crippen molar-refractivity contribution < 1.29 is 29.5 Å². The molecule has 7 aliphatic rings. The average Bonchev–Trinajstić information content (AvgIpc) is 3.75. The summed E-state index contributed by atoms with van der Waals surface area (Å²) in [4.78, 5) is 0. The van der Waals surface area contributed by atoms with Crippen LogP contribution in [-0.2, 0) is 14.2 Å². The molecular formula is C38H62O6. The van der Waals surface area contributed by atoms with Crippen LogP contribution >= 0.6 is 0 Å². The van der Waals surface area contributed by atoms with Gasteiger partial charge in [0.15, 0.2) is 6.29 Å². The van der Waals surface area contributed by atoms with E-state index >= 15 is 0 Å². The van der Waals surface area contributed by atoms with Gasteiger partial charge in [0.1, 0.15) is 11.7 Å². The summed E-state index contributed by atoms with van der Waals surface area (Å²) in [6, 6.07) is 0. The molecule has 250 valence electrons. The molecular weight excluding hydrogens is 552 g/mol. The van der Waals surface area contributed by atoms with Gasteiger partial charge < -0.3 is 29.5 Å². The second kappa shape index (κ2) is 10.4. The van der Waals surface area contributed by atoms with E-state index in [9.17, 15) is 15.3 Å². The zero-order valence-corrected chi connectivity index (χ0v) is 28.9. The molecule has 6 fully saturated rings. The van der Waals surface area contributed by atoms with E-state index in [0.29, 0.717) is 40.9 Å². The van der Waals surface area contributed by atoms with Gasteiger partial charge in [-0.25, -0.2) is 0 Å². The second-order valence-electron chi connectivity index (χ2n) is 17.6. The molecule has 2 aliphatic heterocycles. The maximum atomic E-state index is 11.0. The first kappa shape index (κ1) is 31.9. The lowest BCUT2D eigenvalue weighted by atomic mass is 9.47. The van der Waals surface area contributed by atoms with Gasteiger partial charge >= 0.3 is 0 Å². The summed E-state index contributed by atoms with van der Waals surface area (Å²) in [6.07, 6.45) is 10.4. The summed E-state index contributed by atoms with van der Waals surface area (Å²) in [6.45, 7) is 18.9. The van der Waals surface area contributed by atoms with Gasteiger partial charge in [0.05, 0.1) is 30.2 Å². The van der Waals surface area contributed by atoms with Gasteiger partial charge in [-0.3, -0.25) is 0 Å². The van der Waals surface area contributed by atoms with Gasteiger partial charge in [0.2, 0.25) is 0 Å². The molecule has 7 unspecified atom stereocenters. The third-order valence-electron chi connectivity index (χ3n) is 15.9. The summed E-state index contributed by atoms with van der Waals surface area (Å²) in [7, 11) is 0. The first-order chi connectivity index (χ1) is 20.7. The first-order valence-corrected chi connectivity index (χ1v) is 18.5. The third kappa shape index (κ3) is 4.15. The minimum atomic E-state index is -0.805. The summed E-state index contributed by atoms with van der Waals surface area (Å²) >= 11 is 0. The molecule has 0 aromatic rings. The fourth-order valence-corrected chi connectivity index (χ4v) is 13.7. The summed E-state index contributed by atoms with van der Waals surface area (Å²) in [5.74, 6) is 5.22. The van der Waals surface area contributed by atoms with Crippen LogP contribution in [-0.4, -0.2) is 57.7 Å². The highest BCUT2D eigenvalue weighted by Gasteiger charge is 2.82. The number of rotatable bonds is 6. The fraction of sp³-hybridized carbons (Fsp3) is 0.947. The van der Waals surface area contributed by atoms with E-state index in [1.54, 1.807) is 5.57 Å². The van der Waals surface area contributed by atoms with Crippen LogP contribution in [0, 0.1) is 57.7 Å². The topological polar surface area (TPSA) is 88.4 Å². The van der Waals surface area contributed by atoms with Crippen molar-refractivity contribution in [2.75, 3.05) is 6.61 Å². The molecule has 3 N–H and O–H groups in total. The van der Waals surface area contributed by atoms with Crippen molar-refractivity contribution in [3.63, 3.8) is 0 Å². The van der Waals surface area contributed by atoms with Crippen LogP contribution < -0.4 is 0 Å². The lowest BCUT2D eigenvalue weighted by Gasteiger charge is -2.58. The van der Waals surface area contributed by atoms with E-state index in [-0.39, 0.29) is 29.6 Å². The van der Waals surface area contributed by atoms with E-state index in [2.05, 4.69) is 41.5 Å². The molecule has 0 aromatic heterocycles. The van der Waals surface area contributed by atoms with E-state index in [0.717, 1.165) is 43.9 Å². The van der Waals surface area contributed by atoms with E-state index in [1.165, 1.54) is 37.9 Å². The molecule has 5 saturated carbocycles. The molecule has 5 aliphatic carbocycles. The number of ether oxygens (including phenoxy) is 3. The molecule has 6 nitrogen and oxygen atoms in total. The highest BCUT2D eigenvalue weighted by Crippen LogP contribution is 2.88. The molecule has 2 heterocycles. The Bertz CT molecular complexity index is 1160. The maximum Gasteiger partial charge on any atom is 0.160 e. The van der Waals surface area contributed by atoms with Gasteiger partial charge in [0.25, 0.3) is 0 Å². The third-order valence-corrected chi connectivity index (χ3v) is 15.9. The molecule has 1 saturated heterocycles. The summed E-state index contributed by atoms with van der Waals surface area (Å²) in [5, 5.41) is 31.1. The van der Waals surface area contributed by atoms with E-state index in [1.807, 2.05) is 13.8 Å². The van der Waals surface area contributed by atoms with E-state index < -0.39 is 24.1 Å². The Morgan fingerprint density at radius 1 is 0.909 bits per heavy atom. The van der Waals surface area contributed by atoms with Crippen LogP contribution in [0.5, 0.6) is 0 Å². The normalized spacial score (nSPS) is 55.1. The van der Waals surface area contributed by atoms with Gasteiger partial charge in [-0.15, -0.1) is 0 Å². The second-order valence-corrected chi connectivity index (χ2v) is 17.6. The van der Waals surface area contributed by atoms with Crippen molar-refractivity contribution in [2.45, 2.75) is 162 Å². The standard InChI is InChI=1S/C38H62O6/c1-9-10-31-27(13-16-38(44-31)23(4)33(38)34(6,7)41)35(8)17-18-37-24(5)36(37)15-14-30(43-32-19-28(39)29(40)20-42-32)21(2)25(36)11-12-26(37)22(35)3/h21-26,28-30,32-33,39-41H,9-20H2,1-8H3/t21?,22?,23?,24-,25?,26+,28-,29+,30+,32?,33?,35+,36?,37+,38+/m1/s1. The lowest BCUT2D eigenvalue weighted by Crippen LogP contribution is -2.52. The van der Waals surface area contributed by atoms with Crippen LogP contribution in [0.2, 0.25) is 0 Å². The molecule has 0 bridgehead atoms. The smallest absolute Gasteiger partial charge is 0.160 e. The SMILES string of the molecule is CCCC1=C([C@@]2(C)CC[C@@]34[C@H](C)C35CC[C@H](OC3C[C@@H](O)[C@@H](O)CO3)C(C)C5CC[C@H]4C2C)CC[C@]2(O1)C(C)C2C(C)(C)O. The lowest BCUT2D eigenvalue weighted by molar-refractivity contribution is -0.250. The van der Waals surface area contributed by atoms with Crippen molar-refractivity contribution in [1.29, 1.82) is 0 Å². The monoisotopic (exact) mass is 614 g/mol. The quantitative estimate of drug-likeness (QED) is 0.280. The molecule has 15 atom stereocenters. The van der Waals surface area contributed by atoms with Gasteiger partial charge in [-0.05, 0) is 123 Å². The zero-order valence-electron chi connectivity index (χ0n) is 28.9. The Morgan fingerprint density at radius 3 is 2.27 bits per heavy atom. The summed E-state index contributed by atoms with van der Waals surface area (Å²) in [5.41, 5.74) is 1.81. The van der Waals surface area contributed by atoms with Crippen molar-refractivity contribution >= 4 is 0 Å². The first-order valence-electron chi connectivity index (χ1n) is 18.5. The predicted octanol–water partition coefficient (Wildman–Crippen LogP) is 6.99. The minimum absolute atomic E-state index is 0.153. The molecule has 0 radical (unpaired) electrons. The number of hydrogen-bond acceptors (Lipinski definition) is 6. The number of aliphatic hydroxyl groups excluding tert-OH is 2. The minimum Gasteiger partial charge on any atom is -0.491 e. The Morgan fingerprint density at radius 2 is 1.61 bits per heavy atom. The highest BCUT2D eigenvalue weighted by atomic mass is 16.7. The largest absolute Gasteiger partial charge is 0.491 e. The van der Waals surface area contributed by atoms with E-state index in [4.69, 9.17) is 14.2 Å². The molecule has 3 spiro atoms. The Hall–Kier alpha value is -0.660. The van der Waals surface area contributed by atoms with Crippen molar-refractivity contribution in [2.24, 2.45) is 57.7 Å². The molecule has 0 amide bonds. The fourth-order valence-electron chi connectivity index (χ4n) is 13.7. The predicted molar refractivity (Wildman–Crippen MR) is 170 cm³/mol. The van der Waals surface area contributed by atoms with Gasteiger partial charge in [-0.2, -0.15) is 0 Å². The van der Waals surface area contributed by atoms with Gasteiger partial charge in [0, 0.05) is 24.7 Å². The van der Waals surface area contributed by atoms with Crippen LogP contribution in [0.25, 0.3) is 0 Å². The molecule has 6 heteroatoms. The maximum absolute atomic E-state index is 11.0. The van der Waals surface area contributed by atoms with Crippen LogP contribution in [0.1, 0.15) is 126 Å². The van der Waals surface area contributed by atoms with Crippen molar-refractivity contribution in [1.82, 2.24) is 0 Å². The van der Waals surface area contributed by atoms with Crippen LogP contribution in [0.3, 0.4) is 0 Å². The van der Waals surface area contributed by atoms with Gasteiger partial charge in [-0.1, -0.05) is 41.5 Å². The number of hydrogen-bond donors (Lipinski definition) is 3. The molecule has 44 heavy (non-hydrogen) atoms. The van der Waals surface area contributed by atoms with Crippen molar-refractivity contribution in [3.05, 3.63) is 11.3 Å². The Balaban J connectivity index is 1.11. The zero-order chi connectivity index (χ0) is 31.6. The van der Waals surface area contributed by atoms with Crippen LogP contribution in [0.4, 0.5) is 0 Å². The average molecular weight is 615 g/mol. The Kier molecular flexibility index (Phi) is 7.56. The Labute approximate surface area is 266 Å².